The minimum Gasteiger partial charge on any atom is -0.465 e. The van der Waals surface area contributed by atoms with Gasteiger partial charge in [0.15, 0.2) is 0 Å². The van der Waals surface area contributed by atoms with Crippen LogP contribution >= 0.6 is 22.9 Å². The molecule has 2 aromatic carbocycles. The molecule has 1 heterocycles. The maximum Gasteiger partial charge on any atom is 0.341 e. The first-order chi connectivity index (χ1) is 13.4. The Morgan fingerprint density at radius 2 is 1.89 bits per heavy atom. The third kappa shape index (κ3) is 3.88. The first kappa shape index (κ1) is 19.5. The molecule has 3 aromatic rings. The summed E-state index contributed by atoms with van der Waals surface area (Å²) in [5.74, 6) is -1.35. The highest BCUT2D eigenvalue weighted by atomic mass is 35.5. The molecule has 0 atom stereocenters. The van der Waals surface area contributed by atoms with Gasteiger partial charge in [0, 0.05) is 22.0 Å². The Morgan fingerprint density at radius 1 is 1.18 bits per heavy atom. The second-order valence-electron chi connectivity index (χ2n) is 5.58. The van der Waals surface area contributed by atoms with E-state index in [1.165, 1.54) is 19.2 Å². The van der Waals surface area contributed by atoms with Gasteiger partial charge in [-0.25, -0.2) is 4.79 Å². The van der Waals surface area contributed by atoms with Gasteiger partial charge < -0.3 is 10.1 Å². The normalized spacial score (nSPS) is 10.4. The van der Waals surface area contributed by atoms with Crippen molar-refractivity contribution in [2.45, 2.75) is 0 Å². The molecule has 0 saturated heterocycles. The Morgan fingerprint density at radius 3 is 2.54 bits per heavy atom. The van der Waals surface area contributed by atoms with E-state index in [-0.39, 0.29) is 21.2 Å². The molecule has 142 valence electrons. The number of methoxy groups -OCH3 is 1. The molecule has 1 N–H and O–H groups in total. The van der Waals surface area contributed by atoms with Gasteiger partial charge in [0.05, 0.1) is 12.0 Å². The Bertz CT molecular complexity index is 1070. The van der Waals surface area contributed by atoms with Gasteiger partial charge >= 0.3 is 5.97 Å². The number of carbonyl (C=O) groups is 2. The number of hydrogen-bond acceptors (Lipinski definition) is 6. The summed E-state index contributed by atoms with van der Waals surface area (Å²) in [4.78, 5) is 35.5. The van der Waals surface area contributed by atoms with Crippen LogP contribution in [0.2, 0.25) is 5.02 Å². The number of ether oxygens (including phenoxy) is 1. The Kier molecular flexibility index (Phi) is 5.72. The highest BCUT2D eigenvalue weighted by Crippen LogP contribution is 2.36. The molecule has 0 fully saturated rings. The molecule has 3 rings (SSSR count). The standard InChI is InChI=1S/C19H13ClN2O5S/c1-27-19(24)16-14(11-5-3-2-4-6-11)10-28-18(16)21-17(23)13-8-7-12(20)9-15(13)22(25)26/h2-10H,1H3,(H,21,23). The van der Waals surface area contributed by atoms with Gasteiger partial charge in [0.25, 0.3) is 11.6 Å². The van der Waals surface area contributed by atoms with E-state index >= 15 is 0 Å². The molecule has 0 aliphatic rings. The van der Waals surface area contributed by atoms with E-state index in [4.69, 9.17) is 16.3 Å². The number of nitrogens with zero attached hydrogens (tertiary/aromatic N) is 1. The molecule has 1 aromatic heterocycles. The van der Waals surface area contributed by atoms with Gasteiger partial charge in [0.2, 0.25) is 0 Å². The smallest absolute Gasteiger partial charge is 0.341 e. The number of esters is 1. The summed E-state index contributed by atoms with van der Waals surface area (Å²) in [5.41, 5.74) is 0.962. The summed E-state index contributed by atoms with van der Waals surface area (Å²) >= 11 is 6.91. The fourth-order valence-corrected chi connectivity index (χ4v) is 3.72. The van der Waals surface area contributed by atoms with Gasteiger partial charge in [-0.1, -0.05) is 41.9 Å². The molecule has 0 unspecified atom stereocenters. The van der Waals surface area contributed by atoms with E-state index in [0.717, 1.165) is 23.0 Å². The Labute approximate surface area is 168 Å². The summed E-state index contributed by atoms with van der Waals surface area (Å²) in [6, 6.07) is 12.9. The molecule has 0 spiro atoms. The number of anilines is 1. The van der Waals surface area contributed by atoms with Gasteiger partial charge in [-0.3, -0.25) is 14.9 Å². The average Bonchev–Trinajstić information content (AvgIpc) is 3.11. The number of rotatable bonds is 5. The number of nitrogens with one attached hydrogen (secondary N) is 1. The van der Waals surface area contributed by atoms with E-state index in [0.29, 0.717) is 5.56 Å². The minimum atomic E-state index is -0.727. The zero-order valence-corrected chi connectivity index (χ0v) is 16.0. The third-order valence-corrected chi connectivity index (χ3v) is 5.02. The summed E-state index contributed by atoms with van der Waals surface area (Å²) < 4.78 is 4.85. The van der Waals surface area contributed by atoms with Crippen molar-refractivity contribution in [2.24, 2.45) is 0 Å². The fourth-order valence-electron chi connectivity index (χ4n) is 2.60. The lowest BCUT2D eigenvalue weighted by molar-refractivity contribution is -0.385. The van der Waals surface area contributed by atoms with Crippen LogP contribution in [0.15, 0.2) is 53.9 Å². The van der Waals surface area contributed by atoms with Gasteiger partial charge in [0.1, 0.15) is 16.1 Å². The molecule has 28 heavy (non-hydrogen) atoms. The molecule has 9 heteroatoms. The van der Waals surface area contributed by atoms with Gasteiger partial charge in [-0.2, -0.15) is 0 Å². The predicted octanol–water partition coefficient (Wildman–Crippen LogP) is 5.02. The highest BCUT2D eigenvalue weighted by molar-refractivity contribution is 7.15. The Hall–Kier alpha value is -3.23. The van der Waals surface area contributed by atoms with Crippen molar-refractivity contribution >= 4 is 45.5 Å². The lowest BCUT2D eigenvalue weighted by atomic mass is 10.0. The summed E-state index contributed by atoms with van der Waals surface area (Å²) in [6.45, 7) is 0. The topological polar surface area (TPSA) is 98.5 Å². The molecule has 0 aliphatic carbocycles. The first-order valence-electron chi connectivity index (χ1n) is 7.93. The van der Waals surface area contributed by atoms with E-state index in [2.05, 4.69) is 5.32 Å². The van der Waals surface area contributed by atoms with Crippen LogP contribution in [0.25, 0.3) is 11.1 Å². The second kappa shape index (κ2) is 8.20. The fraction of sp³-hybridized carbons (Fsp3) is 0.0526. The maximum absolute atomic E-state index is 12.7. The maximum atomic E-state index is 12.7. The van der Waals surface area contributed by atoms with Crippen molar-refractivity contribution in [1.82, 2.24) is 0 Å². The Balaban J connectivity index is 2.02. The molecule has 7 nitrogen and oxygen atoms in total. The summed E-state index contributed by atoms with van der Waals surface area (Å²) in [6.07, 6.45) is 0. The van der Waals surface area contributed by atoms with E-state index in [1.54, 1.807) is 5.38 Å². The molecule has 0 radical (unpaired) electrons. The zero-order valence-electron chi connectivity index (χ0n) is 14.5. The average molecular weight is 417 g/mol. The number of nitro benzene ring substituents is 1. The van der Waals surface area contributed by atoms with E-state index in [9.17, 15) is 19.7 Å². The highest BCUT2D eigenvalue weighted by Gasteiger charge is 2.25. The SMILES string of the molecule is COC(=O)c1c(-c2ccccc2)csc1NC(=O)c1ccc(Cl)cc1[N+](=O)[O-]. The van der Waals surface area contributed by atoms with Crippen molar-refractivity contribution in [3.8, 4) is 11.1 Å². The van der Waals surface area contributed by atoms with Crippen LogP contribution in [0.5, 0.6) is 0 Å². The molecular formula is C19H13ClN2O5S. The number of halogens is 1. The largest absolute Gasteiger partial charge is 0.465 e. The quantitative estimate of drug-likeness (QED) is 0.358. The van der Waals surface area contributed by atoms with Gasteiger partial charge in [-0.15, -0.1) is 11.3 Å². The molecule has 0 aliphatic heterocycles. The van der Waals surface area contributed by atoms with Crippen LogP contribution in [0.4, 0.5) is 10.7 Å². The van der Waals surface area contributed by atoms with Crippen molar-refractivity contribution in [1.29, 1.82) is 0 Å². The summed E-state index contributed by atoms with van der Waals surface area (Å²) in [7, 11) is 1.24. The predicted molar refractivity (Wildman–Crippen MR) is 107 cm³/mol. The number of benzene rings is 2. The molecule has 1 amide bonds. The van der Waals surface area contributed by atoms with Crippen molar-refractivity contribution < 1.29 is 19.2 Å². The lowest BCUT2D eigenvalue weighted by Gasteiger charge is -2.08. The van der Waals surface area contributed by atoms with Crippen LogP contribution in [-0.2, 0) is 4.74 Å². The molecule has 0 bridgehead atoms. The minimum absolute atomic E-state index is 0.140. The van der Waals surface area contributed by atoms with Crippen molar-refractivity contribution in [3.05, 3.63) is 80.2 Å². The number of carbonyl (C=O) groups excluding carboxylic acids is 2. The number of thiophene rings is 1. The van der Waals surface area contributed by atoms with Crippen molar-refractivity contribution in [2.75, 3.05) is 12.4 Å². The van der Waals surface area contributed by atoms with Crippen molar-refractivity contribution in [3.63, 3.8) is 0 Å². The summed E-state index contributed by atoms with van der Waals surface area (Å²) in [5, 5.41) is 15.9. The van der Waals surface area contributed by atoms with E-state index < -0.39 is 22.5 Å². The first-order valence-corrected chi connectivity index (χ1v) is 9.18. The molecule has 0 saturated carbocycles. The number of amides is 1. The number of hydrogen-bond donors (Lipinski definition) is 1. The second-order valence-corrected chi connectivity index (χ2v) is 6.90. The van der Waals surface area contributed by atoms with Crippen LogP contribution in [0.1, 0.15) is 20.7 Å². The van der Waals surface area contributed by atoms with Crippen LogP contribution in [0, 0.1) is 10.1 Å². The van der Waals surface area contributed by atoms with Crippen LogP contribution < -0.4 is 5.32 Å². The lowest BCUT2D eigenvalue weighted by Crippen LogP contribution is -2.15. The molecular weight excluding hydrogens is 404 g/mol. The van der Waals surface area contributed by atoms with Gasteiger partial charge in [-0.05, 0) is 17.7 Å². The third-order valence-electron chi connectivity index (χ3n) is 3.89. The van der Waals surface area contributed by atoms with Crippen LogP contribution in [-0.4, -0.2) is 23.9 Å². The van der Waals surface area contributed by atoms with Crippen LogP contribution in [0.3, 0.4) is 0 Å². The number of nitro groups is 1. The van der Waals surface area contributed by atoms with E-state index in [1.807, 2.05) is 30.3 Å². The zero-order chi connectivity index (χ0) is 20.3. The monoisotopic (exact) mass is 416 g/mol.